The number of aromatic nitrogens is 1. The largest absolute Gasteiger partial charge is 0.466 e. The summed E-state index contributed by atoms with van der Waals surface area (Å²) in [6.45, 7) is 0. The smallest absolute Gasteiger partial charge is 0.334 e. The zero-order valence-corrected chi connectivity index (χ0v) is 11.3. The van der Waals surface area contributed by atoms with Crippen molar-refractivity contribution in [1.29, 1.82) is 0 Å². The van der Waals surface area contributed by atoms with Gasteiger partial charge in [-0.3, -0.25) is 0 Å². The summed E-state index contributed by atoms with van der Waals surface area (Å²) in [5, 5.41) is 1.21. The fraction of sp³-hybridized carbons (Fsp3) is 0.312. The van der Waals surface area contributed by atoms with Gasteiger partial charge >= 0.3 is 5.97 Å². The van der Waals surface area contributed by atoms with E-state index in [2.05, 4.69) is 29.8 Å². The average Bonchev–Trinajstić information content (AvgIpc) is 3.03. The number of allylic oxidation sites excluding steroid dienone is 1. The lowest BCUT2D eigenvalue weighted by molar-refractivity contribution is -0.136. The maximum atomic E-state index is 11.8. The van der Waals surface area contributed by atoms with E-state index in [0.717, 1.165) is 36.1 Å². The number of methoxy groups -OCH3 is 1. The SMILES string of the molecule is COC(=O)C1=C(c2cc3ccccc3n2C)CCC1. The Kier molecular flexibility index (Phi) is 2.90. The van der Waals surface area contributed by atoms with E-state index < -0.39 is 0 Å². The third kappa shape index (κ3) is 1.86. The van der Waals surface area contributed by atoms with Gasteiger partial charge in [-0.1, -0.05) is 18.2 Å². The van der Waals surface area contributed by atoms with Crippen LogP contribution < -0.4 is 0 Å². The fourth-order valence-electron chi connectivity index (χ4n) is 2.95. The van der Waals surface area contributed by atoms with E-state index in [9.17, 15) is 4.79 Å². The molecule has 1 aliphatic rings. The molecule has 1 aromatic heterocycles. The van der Waals surface area contributed by atoms with E-state index in [1.165, 1.54) is 18.0 Å². The molecule has 3 heteroatoms. The molecule has 0 bridgehead atoms. The number of nitrogens with zero attached hydrogens (tertiary/aromatic N) is 1. The number of rotatable bonds is 2. The highest BCUT2D eigenvalue weighted by Gasteiger charge is 2.24. The van der Waals surface area contributed by atoms with Crippen molar-refractivity contribution >= 4 is 22.4 Å². The normalized spacial score (nSPS) is 15.3. The number of benzene rings is 1. The fourth-order valence-corrected chi connectivity index (χ4v) is 2.95. The zero-order chi connectivity index (χ0) is 13.4. The van der Waals surface area contributed by atoms with Crippen LogP contribution in [0.4, 0.5) is 0 Å². The quantitative estimate of drug-likeness (QED) is 0.771. The van der Waals surface area contributed by atoms with Crippen LogP contribution in [0.15, 0.2) is 35.9 Å². The summed E-state index contributed by atoms with van der Waals surface area (Å²) >= 11 is 0. The number of aryl methyl sites for hydroxylation is 1. The van der Waals surface area contributed by atoms with Crippen molar-refractivity contribution in [1.82, 2.24) is 4.57 Å². The molecule has 2 aromatic rings. The highest BCUT2D eigenvalue weighted by Crippen LogP contribution is 2.36. The number of hydrogen-bond donors (Lipinski definition) is 0. The molecule has 0 atom stereocenters. The first-order valence-corrected chi connectivity index (χ1v) is 6.57. The molecule has 19 heavy (non-hydrogen) atoms. The summed E-state index contributed by atoms with van der Waals surface area (Å²) in [7, 11) is 3.50. The topological polar surface area (TPSA) is 31.2 Å². The molecule has 0 saturated heterocycles. The van der Waals surface area contributed by atoms with Crippen molar-refractivity contribution in [3.05, 3.63) is 41.6 Å². The Morgan fingerprint density at radius 1 is 1.26 bits per heavy atom. The summed E-state index contributed by atoms with van der Waals surface area (Å²) in [6, 6.07) is 10.4. The number of fused-ring (bicyclic) bond motifs is 1. The molecule has 0 radical (unpaired) electrons. The standard InChI is InChI=1S/C16H17NO2/c1-17-14-9-4-3-6-11(14)10-15(17)12-7-5-8-13(12)16(18)19-2/h3-4,6,9-10H,5,7-8H2,1-2H3. The van der Waals surface area contributed by atoms with Crippen molar-refractivity contribution in [2.24, 2.45) is 7.05 Å². The van der Waals surface area contributed by atoms with E-state index >= 15 is 0 Å². The van der Waals surface area contributed by atoms with Crippen LogP contribution in [0.3, 0.4) is 0 Å². The minimum absolute atomic E-state index is 0.183. The first-order valence-electron chi connectivity index (χ1n) is 6.57. The monoisotopic (exact) mass is 255 g/mol. The number of hydrogen-bond acceptors (Lipinski definition) is 2. The van der Waals surface area contributed by atoms with Gasteiger partial charge in [-0.05, 0) is 37.0 Å². The molecule has 3 rings (SSSR count). The first kappa shape index (κ1) is 12.0. The van der Waals surface area contributed by atoms with Crippen LogP contribution in [-0.2, 0) is 16.6 Å². The lowest BCUT2D eigenvalue weighted by Crippen LogP contribution is -2.05. The second-order valence-electron chi connectivity index (χ2n) is 4.95. The molecule has 0 aliphatic heterocycles. The molecular weight excluding hydrogens is 238 g/mol. The number of esters is 1. The molecule has 0 fully saturated rings. The maximum absolute atomic E-state index is 11.8. The van der Waals surface area contributed by atoms with E-state index in [4.69, 9.17) is 4.74 Å². The van der Waals surface area contributed by atoms with Crippen molar-refractivity contribution in [3.63, 3.8) is 0 Å². The van der Waals surface area contributed by atoms with Gasteiger partial charge in [0.1, 0.15) is 0 Å². The molecule has 1 aromatic carbocycles. The van der Waals surface area contributed by atoms with Crippen molar-refractivity contribution in [3.8, 4) is 0 Å². The maximum Gasteiger partial charge on any atom is 0.334 e. The second kappa shape index (κ2) is 4.57. The van der Waals surface area contributed by atoms with Gasteiger partial charge < -0.3 is 9.30 Å². The van der Waals surface area contributed by atoms with Crippen LogP contribution in [0.25, 0.3) is 16.5 Å². The van der Waals surface area contributed by atoms with Gasteiger partial charge in [0, 0.05) is 29.2 Å². The molecule has 3 nitrogen and oxygen atoms in total. The van der Waals surface area contributed by atoms with Crippen LogP contribution >= 0.6 is 0 Å². The molecule has 1 heterocycles. The van der Waals surface area contributed by atoms with Crippen LogP contribution in [0.5, 0.6) is 0 Å². The van der Waals surface area contributed by atoms with Gasteiger partial charge in [-0.2, -0.15) is 0 Å². The van der Waals surface area contributed by atoms with Crippen LogP contribution in [0, 0.1) is 0 Å². The molecule has 0 spiro atoms. The molecule has 0 amide bonds. The molecule has 1 aliphatic carbocycles. The average molecular weight is 255 g/mol. The Morgan fingerprint density at radius 3 is 2.79 bits per heavy atom. The Bertz CT molecular complexity index is 679. The first-order chi connectivity index (χ1) is 9.22. The van der Waals surface area contributed by atoms with Gasteiger partial charge in [-0.15, -0.1) is 0 Å². The van der Waals surface area contributed by atoms with Gasteiger partial charge in [0.05, 0.1) is 7.11 Å². The molecule has 0 N–H and O–H groups in total. The predicted octanol–water partition coefficient (Wildman–Crippen LogP) is 3.29. The van der Waals surface area contributed by atoms with E-state index in [1.54, 1.807) is 0 Å². The Balaban J connectivity index is 2.18. The lowest BCUT2D eigenvalue weighted by Gasteiger charge is -2.08. The van der Waals surface area contributed by atoms with Gasteiger partial charge in [0.2, 0.25) is 0 Å². The molecular formula is C16H17NO2. The summed E-state index contributed by atoms with van der Waals surface area (Å²) < 4.78 is 7.06. The molecule has 0 saturated carbocycles. The van der Waals surface area contributed by atoms with Gasteiger partial charge in [-0.25, -0.2) is 4.79 Å². The van der Waals surface area contributed by atoms with Crippen molar-refractivity contribution in [2.75, 3.05) is 7.11 Å². The highest BCUT2D eigenvalue weighted by molar-refractivity contribution is 5.99. The van der Waals surface area contributed by atoms with E-state index in [-0.39, 0.29) is 5.97 Å². The number of para-hydroxylation sites is 1. The second-order valence-corrected chi connectivity index (χ2v) is 4.95. The molecule has 98 valence electrons. The Labute approximate surface area is 112 Å². The number of ether oxygens (including phenoxy) is 1. The van der Waals surface area contributed by atoms with Gasteiger partial charge in [0.15, 0.2) is 0 Å². The van der Waals surface area contributed by atoms with E-state index in [0.29, 0.717) is 0 Å². The zero-order valence-electron chi connectivity index (χ0n) is 11.3. The van der Waals surface area contributed by atoms with Crippen LogP contribution in [0.2, 0.25) is 0 Å². The minimum atomic E-state index is -0.183. The number of carbonyl (C=O) groups is 1. The summed E-state index contributed by atoms with van der Waals surface area (Å²) in [5.74, 6) is -0.183. The third-order valence-corrected chi connectivity index (χ3v) is 3.91. The summed E-state index contributed by atoms with van der Waals surface area (Å²) in [5.41, 5.74) is 4.32. The van der Waals surface area contributed by atoms with E-state index in [1.807, 2.05) is 12.1 Å². The number of carbonyl (C=O) groups excluding carboxylic acids is 1. The van der Waals surface area contributed by atoms with Gasteiger partial charge in [0.25, 0.3) is 0 Å². The predicted molar refractivity (Wildman–Crippen MR) is 75.7 cm³/mol. The molecule has 0 unspecified atom stereocenters. The van der Waals surface area contributed by atoms with Crippen LogP contribution in [0.1, 0.15) is 25.0 Å². The Morgan fingerprint density at radius 2 is 2.05 bits per heavy atom. The Hall–Kier alpha value is -2.03. The van der Waals surface area contributed by atoms with Crippen molar-refractivity contribution < 1.29 is 9.53 Å². The van der Waals surface area contributed by atoms with Crippen LogP contribution in [-0.4, -0.2) is 17.6 Å². The summed E-state index contributed by atoms with van der Waals surface area (Å²) in [4.78, 5) is 11.8. The van der Waals surface area contributed by atoms with Crippen molar-refractivity contribution in [2.45, 2.75) is 19.3 Å². The third-order valence-electron chi connectivity index (χ3n) is 3.91. The minimum Gasteiger partial charge on any atom is -0.466 e. The summed E-state index contributed by atoms with van der Waals surface area (Å²) in [6.07, 6.45) is 2.80. The highest BCUT2D eigenvalue weighted by atomic mass is 16.5. The lowest BCUT2D eigenvalue weighted by atomic mass is 10.1.